The molecule has 2 aromatic rings. The van der Waals surface area contributed by atoms with Gasteiger partial charge in [0.25, 0.3) is 5.91 Å². The molecule has 2 amide bonds. The van der Waals surface area contributed by atoms with Crippen molar-refractivity contribution < 1.29 is 14.3 Å². The summed E-state index contributed by atoms with van der Waals surface area (Å²) in [6.45, 7) is 6.38. The SMILES string of the molecule is CCCCOc1cccc(C(=O)NC(=S)Nc2ccc(NC(=O)C(C)C)cc2)c1. The van der Waals surface area contributed by atoms with E-state index >= 15 is 0 Å². The molecule has 7 heteroatoms. The molecule has 0 saturated heterocycles. The summed E-state index contributed by atoms with van der Waals surface area (Å²) in [4.78, 5) is 24.1. The van der Waals surface area contributed by atoms with E-state index in [9.17, 15) is 9.59 Å². The molecule has 2 rings (SSSR count). The van der Waals surface area contributed by atoms with E-state index < -0.39 is 0 Å². The molecule has 6 nitrogen and oxygen atoms in total. The van der Waals surface area contributed by atoms with Crippen LogP contribution in [0.25, 0.3) is 0 Å². The number of hydrogen-bond acceptors (Lipinski definition) is 4. The molecule has 0 spiro atoms. The van der Waals surface area contributed by atoms with Gasteiger partial charge >= 0.3 is 0 Å². The van der Waals surface area contributed by atoms with Crippen LogP contribution >= 0.6 is 12.2 Å². The largest absolute Gasteiger partial charge is 0.494 e. The fourth-order valence-electron chi connectivity index (χ4n) is 2.32. The molecular weight excluding hydrogens is 386 g/mol. The van der Waals surface area contributed by atoms with Gasteiger partial charge in [-0.15, -0.1) is 0 Å². The van der Waals surface area contributed by atoms with Crippen molar-refractivity contribution in [3.8, 4) is 5.75 Å². The van der Waals surface area contributed by atoms with Gasteiger partial charge < -0.3 is 15.4 Å². The molecule has 0 radical (unpaired) electrons. The lowest BCUT2D eigenvalue weighted by Gasteiger charge is -2.12. The third-order valence-electron chi connectivity index (χ3n) is 4.02. The Morgan fingerprint density at radius 3 is 2.31 bits per heavy atom. The first kappa shape index (κ1) is 22.4. The molecule has 0 aliphatic rings. The van der Waals surface area contributed by atoms with Gasteiger partial charge in [0.1, 0.15) is 5.75 Å². The molecule has 0 aromatic heterocycles. The molecule has 154 valence electrons. The van der Waals surface area contributed by atoms with E-state index in [1.807, 2.05) is 19.9 Å². The fourth-order valence-corrected chi connectivity index (χ4v) is 2.53. The summed E-state index contributed by atoms with van der Waals surface area (Å²) in [5.74, 6) is 0.203. The zero-order valence-electron chi connectivity index (χ0n) is 17.0. The van der Waals surface area contributed by atoms with Crippen LogP contribution in [-0.2, 0) is 4.79 Å². The maximum atomic E-state index is 12.4. The highest BCUT2D eigenvalue weighted by atomic mass is 32.1. The highest BCUT2D eigenvalue weighted by Crippen LogP contribution is 2.16. The first-order valence-electron chi connectivity index (χ1n) is 9.65. The van der Waals surface area contributed by atoms with Crippen LogP contribution in [0.3, 0.4) is 0 Å². The maximum Gasteiger partial charge on any atom is 0.257 e. The second-order valence-corrected chi connectivity index (χ2v) is 7.27. The minimum Gasteiger partial charge on any atom is -0.494 e. The van der Waals surface area contributed by atoms with Crippen molar-refractivity contribution in [2.45, 2.75) is 33.6 Å². The fraction of sp³-hybridized carbons (Fsp3) is 0.318. The molecule has 0 aliphatic heterocycles. The Hall–Kier alpha value is -2.93. The highest BCUT2D eigenvalue weighted by molar-refractivity contribution is 7.80. The van der Waals surface area contributed by atoms with Crippen molar-refractivity contribution in [1.82, 2.24) is 5.32 Å². The average molecular weight is 414 g/mol. The van der Waals surface area contributed by atoms with Gasteiger partial charge in [-0.1, -0.05) is 33.3 Å². The summed E-state index contributed by atoms with van der Waals surface area (Å²) in [6.07, 6.45) is 2.01. The number of thiocarbonyl (C=S) groups is 1. The van der Waals surface area contributed by atoms with Gasteiger partial charge in [0, 0.05) is 22.9 Å². The number of carbonyl (C=O) groups excluding carboxylic acids is 2. The van der Waals surface area contributed by atoms with Crippen LogP contribution in [0.2, 0.25) is 0 Å². The van der Waals surface area contributed by atoms with Gasteiger partial charge in [-0.25, -0.2) is 0 Å². The molecule has 2 aromatic carbocycles. The zero-order chi connectivity index (χ0) is 21.2. The van der Waals surface area contributed by atoms with Gasteiger partial charge in [-0.3, -0.25) is 14.9 Å². The van der Waals surface area contributed by atoms with E-state index in [1.165, 1.54) is 0 Å². The van der Waals surface area contributed by atoms with Crippen molar-refractivity contribution >= 4 is 40.5 Å². The standard InChI is InChI=1S/C22H27N3O3S/c1-4-5-13-28-19-8-6-7-16(14-19)21(27)25-22(29)24-18-11-9-17(10-12-18)23-20(26)15(2)3/h6-12,14-15H,4-5,13H2,1-3H3,(H,23,26)(H2,24,25,27,29). The number of amides is 2. The summed E-state index contributed by atoms with van der Waals surface area (Å²) >= 11 is 5.22. The summed E-state index contributed by atoms with van der Waals surface area (Å²) < 4.78 is 5.63. The topological polar surface area (TPSA) is 79.5 Å². The Bertz CT molecular complexity index is 851. The monoisotopic (exact) mass is 413 g/mol. The first-order chi connectivity index (χ1) is 13.9. The van der Waals surface area contributed by atoms with Crippen LogP contribution in [0, 0.1) is 5.92 Å². The van der Waals surface area contributed by atoms with Crippen LogP contribution in [0.15, 0.2) is 48.5 Å². The van der Waals surface area contributed by atoms with Crippen LogP contribution in [0.4, 0.5) is 11.4 Å². The van der Waals surface area contributed by atoms with Crippen LogP contribution in [0.5, 0.6) is 5.75 Å². The van der Waals surface area contributed by atoms with Crippen LogP contribution < -0.4 is 20.7 Å². The Balaban J connectivity index is 1.89. The zero-order valence-corrected chi connectivity index (χ0v) is 17.8. The molecule has 0 heterocycles. The number of anilines is 2. The third kappa shape index (κ3) is 7.54. The van der Waals surface area contributed by atoms with Crippen LogP contribution in [-0.4, -0.2) is 23.5 Å². The van der Waals surface area contributed by atoms with Gasteiger partial charge in [-0.05, 0) is 61.1 Å². The molecule has 0 atom stereocenters. The minimum absolute atomic E-state index is 0.0469. The lowest BCUT2D eigenvalue weighted by atomic mass is 10.2. The minimum atomic E-state index is -0.316. The quantitative estimate of drug-likeness (QED) is 0.436. The Morgan fingerprint density at radius 2 is 1.69 bits per heavy atom. The number of hydrogen-bond donors (Lipinski definition) is 3. The smallest absolute Gasteiger partial charge is 0.257 e. The normalized spacial score (nSPS) is 10.3. The van der Waals surface area contributed by atoms with Crippen molar-refractivity contribution in [2.75, 3.05) is 17.2 Å². The molecule has 0 aliphatic carbocycles. The second kappa shape index (κ2) is 11.2. The Kier molecular flexibility index (Phi) is 8.61. The Labute approximate surface area is 177 Å². The molecule has 3 N–H and O–H groups in total. The van der Waals surface area contributed by atoms with E-state index in [0.717, 1.165) is 12.8 Å². The number of unbranched alkanes of at least 4 members (excludes halogenated alkanes) is 1. The van der Waals surface area contributed by atoms with E-state index in [2.05, 4.69) is 22.9 Å². The molecule has 29 heavy (non-hydrogen) atoms. The molecule has 0 bridgehead atoms. The van der Waals surface area contributed by atoms with Gasteiger partial charge in [0.15, 0.2) is 5.11 Å². The molecular formula is C22H27N3O3S. The predicted molar refractivity (Wildman–Crippen MR) is 120 cm³/mol. The van der Waals surface area contributed by atoms with Gasteiger partial charge in [-0.2, -0.15) is 0 Å². The average Bonchev–Trinajstić information content (AvgIpc) is 2.69. The summed E-state index contributed by atoms with van der Waals surface area (Å²) in [6, 6.07) is 14.1. The number of ether oxygens (including phenoxy) is 1. The lowest BCUT2D eigenvalue weighted by Crippen LogP contribution is -2.34. The third-order valence-corrected chi connectivity index (χ3v) is 4.23. The number of rotatable bonds is 8. The summed E-state index contributed by atoms with van der Waals surface area (Å²) in [7, 11) is 0. The molecule has 0 unspecified atom stereocenters. The summed E-state index contributed by atoms with van der Waals surface area (Å²) in [5, 5.41) is 8.62. The number of nitrogens with one attached hydrogen (secondary N) is 3. The van der Waals surface area contributed by atoms with E-state index in [-0.39, 0.29) is 22.8 Å². The van der Waals surface area contributed by atoms with Gasteiger partial charge in [0.2, 0.25) is 5.91 Å². The van der Waals surface area contributed by atoms with Crippen molar-refractivity contribution in [1.29, 1.82) is 0 Å². The summed E-state index contributed by atoms with van der Waals surface area (Å²) in [5.41, 5.74) is 1.87. The van der Waals surface area contributed by atoms with E-state index in [0.29, 0.717) is 29.3 Å². The van der Waals surface area contributed by atoms with E-state index in [4.69, 9.17) is 17.0 Å². The van der Waals surface area contributed by atoms with Gasteiger partial charge in [0.05, 0.1) is 6.61 Å². The van der Waals surface area contributed by atoms with E-state index in [1.54, 1.807) is 42.5 Å². The molecule has 0 saturated carbocycles. The van der Waals surface area contributed by atoms with Crippen molar-refractivity contribution in [2.24, 2.45) is 5.92 Å². The number of benzene rings is 2. The number of carbonyl (C=O) groups is 2. The first-order valence-corrected chi connectivity index (χ1v) is 10.1. The van der Waals surface area contributed by atoms with Crippen molar-refractivity contribution in [3.05, 3.63) is 54.1 Å². The second-order valence-electron chi connectivity index (χ2n) is 6.86. The molecule has 0 fully saturated rings. The van der Waals surface area contributed by atoms with Crippen LogP contribution in [0.1, 0.15) is 44.0 Å². The van der Waals surface area contributed by atoms with Crippen molar-refractivity contribution in [3.63, 3.8) is 0 Å². The maximum absolute atomic E-state index is 12.4. The predicted octanol–water partition coefficient (Wildman–Crippen LogP) is 4.59. The Morgan fingerprint density at radius 1 is 1.03 bits per heavy atom. The lowest BCUT2D eigenvalue weighted by molar-refractivity contribution is -0.118. The highest BCUT2D eigenvalue weighted by Gasteiger charge is 2.10.